The summed E-state index contributed by atoms with van der Waals surface area (Å²) in [5, 5.41) is 9.38. The van der Waals surface area contributed by atoms with E-state index in [1.165, 1.54) is 4.90 Å². The summed E-state index contributed by atoms with van der Waals surface area (Å²) in [6.07, 6.45) is 0.394. The van der Waals surface area contributed by atoms with E-state index < -0.39 is 15.9 Å². The summed E-state index contributed by atoms with van der Waals surface area (Å²) < 4.78 is 23.2. The molecule has 1 saturated heterocycles. The van der Waals surface area contributed by atoms with Gasteiger partial charge in [0.15, 0.2) is 9.84 Å². The van der Waals surface area contributed by atoms with E-state index in [2.05, 4.69) is 0 Å². The third-order valence-corrected chi connectivity index (χ3v) is 5.36. The lowest BCUT2D eigenvalue weighted by Crippen LogP contribution is -2.42. The van der Waals surface area contributed by atoms with E-state index in [-0.39, 0.29) is 29.9 Å². The summed E-state index contributed by atoms with van der Waals surface area (Å²) >= 11 is 5.64. The minimum absolute atomic E-state index is 0.0601. The van der Waals surface area contributed by atoms with Crippen molar-refractivity contribution in [3.05, 3.63) is 29.8 Å². The van der Waals surface area contributed by atoms with Crippen LogP contribution in [0.25, 0.3) is 0 Å². The van der Waals surface area contributed by atoms with E-state index in [1.807, 2.05) is 0 Å². The average Bonchev–Trinajstić information content (AvgIpc) is 2.79. The van der Waals surface area contributed by atoms with Crippen molar-refractivity contribution in [3.63, 3.8) is 0 Å². The molecule has 0 spiro atoms. The largest absolute Gasteiger partial charge is 0.392 e. The number of nitrogens with zero attached hydrogens (tertiary/aromatic N) is 1. The molecular formula is C13H16ClNO4S. The first-order valence-corrected chi connectivity index (χ1v) is 8.61. The Morgan fingerprint density at radius 1 is 1.40 bits per heavy atom. The van der Waals surface area contributed by atoms with E-state index in [4.69, 9.17) is 11.6 Å². The van der Waals surface area contributed by atoms with Crippen LogP contribution in [-0.4, -0.2) is 42.9 Å². The summed E-state index contributed by atoms with van der Waals surface area (Å²) in [6.45, 7) is -0.221. The molecule has 0 aromatic heterocycles. The van der Waals surface area contributed by atoms with Crippen LogP contribution >= 0.6 is 11.6 Å². The first kappa shape index (κ1) is 15.3. The number of alkyl halides is 1. The SMILES string of the molecule is O=C(CCl)N(c1ccccc1CO)C1CCS(=O)(=O)C1. The number of sulfone groups is 1. The average molecular weight is 318 g/mol. The molecular weight excluding hydrogens is 302 g/mol. The molecule has 1 unspecified atom stereocenters. The van der Waals surface area contributed by atoms with Gasteiger partial charge in [-0.3, -0.25) is 4.79 Å². The molecule has 2 rings (SSSR count). The van der Waals surface area contributed by atoms with E-state index in [9.17, 15) is 18.3 Å². The van der Waals surface area contributed by atoms with Crippen LogP contribution in [-0.2, 0) is 21.2 Å². The number of carbonyl (C=O) groups is 1. The lowest BCUT2D eigenvalue weighted by molar-refractivity contribution is -0.116. The molecule has 0 aliphatic carbocycles. The highest BCUT2D eigenvalue weighted by molar-refractivity contribution is 7.91. The van der Waals surface area contributed by atoms with E-state index in [1.54, 1.807) is 24.3 Å². The van der Waals surface area contributed by atoms with Crippen molar-refractivity contribution in [3.8, 4) is 0 Å². The third-order valence-electron chi connectivity index (χ3n) is 3.38. The molecule has 1 aromatic carbocycles. The molecule has 1 atom stereocenters. The first-order chi connectivity index (χ1) is 9.48. The van der Waals surface area contributed by atoms with Crippen molar-refractivity contribution in [2.24, 2.45) is 0 Å². The molecule has 20 heavy (non-hydrogen) atoms. The molecule has 1 heterocycles. The molecule has 7 heteroatoms. The fourth-order valence-corrected chi connectivity index (χ4v) is 4.29. The van der Waals surface area contributed by atoms with Gasteiger partial charge in [-0.05, 0) is 12.5 Å². The lowest BCUT2D eigenvalue weighted by atomic mass is 10.1. The normalized spacial score (nSPS) is 20.8. The van der Waals surface area contributed by atoms with Crippen molar-refractivity contribution in [2.75, 3.05) is 22.3 Å². The molecule has 110 valence electrons. The lowest BCUT2D eigenvalue weighted by Gasteiger charge is -2.29. The van der Waals surface area contributed by atoms with Gasteiger partial charge in [0.25, 0.3) is 0 Å². The van der Waals surface area contributed by atoms with Gasteiger partial charge in [0.1, 0.15) is 5.88 Å². The summed E-state index contributed by atoms with van der Waals surface area (Å²) in [4.78, 5) is 13.5. The van der Waals surface area contributed by atoms with Crippen molar-refractivity contribution < 1.29 is 18.3 Å². The Kier molecular flexibility index (Phi) is 4.67. The minimum Gasteiger partial charge on any atom is -0.392 e. The number of amides is 1. The number of halogens is 1. The first-order valence-electron chi connectivity index (χ1n) is 6.25. The molecule has 1 aliphatic heterocycles. The maximum atomic E-state index is 12.1. The number of aliphatic hydroxyl groups excluding tert-OH is 1. The van der Waals surface area contributed by atoms with Gasteiger partial charge in [0, 0.05) is 11.3 Å². The third kappa shape index (κ3) is 3.13. The smallest absolute Gasteiger partial charge is 0.242 e. The highest BCUT2D eigenvalue weighted by Crippen LogP contribution is 2.28. The van der Waals surface area contributed by atoms with E-state index in [0.717, 1.165) is 0 Å². The molecule has 1 aromatic rings. The Balaban J connectivity index is 2.41. The molecule has 0 saturated carbocycles. The predicted molar refractivity (Wildman–Crippen MR) is 77.6 cm³/mol. The number of aliphatic hydroxyl groups is 1. The Morgan fingerprint density at radius 3 is 2.65 bits per heavy atom. The predicted octanol–water partition coefficient (Wildman–Crippen LogP) is 0.938. The fourth-order valence-electron chi connectivity index (χ4n) is 2.46. The number of rotatable bonds is 4. The molecule has 0 bridgehead atoms. The van der Waals surface area contributed by atoms with Gasteiger partial charge in [-0.2, -0.15) is 0 Å². The topological polar surface area (TPSA) is 74.7 Å². The Hall–Kier alpha value is -1.11. The summed E-state index contributed by atoms with van der Waals surface area (Å²) in [6, 6.07) is 6.48. The van der Waals surface area contributed by atoms with Crippen molar-refractivity contribution in [2.45, 2.75) is 19.1 Å². The highest BCUT2D eigenvalue weighted by atomic mass is 35.5. The number of benzene rings is 1. The van der Waals surface area contributed by atoms with Crippen LogP contribution in [0.3, 0.4) is 0 Å². The van der Waals surface area contributed by atoms with Crippen LogP contribution in [0.2, 0.25) is 0 Å². The molecule has 5 nitrogen and oxygen atoms in total. The van der Waals surface area contributed by atoms with Gasteiger partial charge in [-0.1, -0.05) is 18.2 Å². The Bertz CT molecular complexity index is 602. The molecule has 1 fully saturated rings. The minimum atomic E-state index is -3.11. The molecule has 1 N–H and O–H groups in total. The number of para-hydroxylation sites is 1. The number of hydrogen-bond acceptors (Lipinski definition) is 4. The maximum Gasteiger partial charge on any atom is 0.242 e. The van der Waals surface area contributed by atoms with Gasteiger partial charge in [-0.25, -0.2) is 8.42 Å². The quantitative estimate of drug-likeness (QED) is 0.839. The van der Waals surface area contributed by atoms with Crippen molar-refractivity contribution in [1.29, 1.82) is 0 Å². The van der Waals surface area contributed by atoms with Crippen molar-refractivity contribution in [1.82, 2.24) is 0 Å². The maximum absolute atomic E-state index is 12.1. The second-order valence-electron chi connectivity index (χ2n) is 4.74. The highest BCUT2D eigenvalue weighted by Gasteiger charge is 2.35. The van der Waals surface area contributed by atoms with Crippen LogP contribution in [0, 0.1) is 0 Å². The standard InChI is InChI=1S/C13H16ClNO4S/c14-7-13(17)15(11-5-6-20(18,19)9-11)12-4-2-1-3-10(12)8-16/h1-4,11,16H,5-9H2. The Morgan fingerprint density at radius 2 is 2.10 bits per heavy atom. The number of anilines is 1. The molecule has 0 radical (unpaired) electrons. The van der Waals surface area contributed by atoms with Gasteiger partial charge in [0.05, 0.1) is 24.2 Å². The van der Waals surface area contributed by atoms with E-state index in [0.29, 0.717) is 17.7 Å². The van der Waals surface area contributed by atoms with Gasteiger partial charge in [-0.15, -0.1) is 11.6 Å². The number of hydrogen-bond donors (Lipinski definition) is 1. The zero-order valence-electron chi connectivity index (χ0n) is 10.8. The van der Waals surface area contributed by atoms with Crippen LogP contribution < -0.4 is 4.90 Å². The van der Waals surface area contributed by atoms with Crippen LogP contribution in [0.5, 0.6) is 0 Å². The van der Waals surface area contributed by atoms with Gasteiger partial charge >= 0.3 is 0 Å². The zero-order valence-corrected chi connectivity index (χ0v) is 12.4. The number of carbonyl (C=O) groups excluding carboxylic acids is 1. The summed E-state index contributed by atoms with van der Waals surface area (Å²) in [7, 11) is -3.11. The van der Waals surface area contributed by atoms with Crippen LogP contribution in [0.1, 0.15) is 12.0 Å². The van der Waals surface area contributed by atoms with Crippen molar-refractivity contribution >= 4 is 33.0 Å². The zero-order chi connectivity index (χ0) is 14.8. The van der Waals surface area contributed by atoms with Crippen LogP contribution in [0.4, 0.5) is 5.69 Å². The second-order valence-corrected chi connectivity index (χ2v) is 7.24. The Labute approximate surface area is 123 Å². The second kappa shape index (κ2) is 6.11. The van der Waals surface area contributed by atoms with Gasteiger partial charge < -0.3 is 10.0 Å². The fraction of sp³-hybridized carbons (Fsp3) is 0.462. The molecule has 1 aliphatic rings. The van der Waals surface area contributed by atoms with E-state index >= 15 is 0 Å². The monoisotopic (exact) mass is 317 g/mol. The summed E-state index contributed by atoms with van der Waals surface area (Å²) in [5.41, 5.74) is 1.11. The van der Waals surface area contributed by atoms with Crippen LogP contribution in [0.15, 0.2) is 24.3 Å². The van der Waals surface area contributed by atoms with Gasteiger partial charge in [0.2, 0.25) is 5.91 Å². The molecule has 1 amide bonds. The summed E-state index contributed by atoms with van der Waals surface area (Å²) in [5.74, 6) is -0.564.